The predicted octanol–water partition coefficient (Wildman–Crippen LogP) is 3.76. The molecule has 6 nitrogen and oxygen atoms in total. The Hall–Kier alpha value is -2.43. The van der Waals surface area contributed by atoms with Gasteiger partial charge in [-0.25, -0.2) is 4.98 Å². The first kappa shape index (κ1) is 18.9. The number of carbonyl (C=O) groups excluding carboxylic acids is 1. The first-order chi connectivity index (χ1) is 13.8. The van der Waals surface area contributed by atoms with Crippen molar-refractivity contribution in [3.8, 4) is 6.07 Å². The maximum Gasteiger partial charge on any atom is 0.260 e. The molecule has 1 amide bonds. The summed E-state index contributed by atoms with van der Waals surface area (Å²) < 4.78 is 5.41. The quantitative estimate of drug-likeness (QED) is 0.855. The number of amides is 1. The molecule has 0 aromatic carbocycles. The second-order valence-electron chi connectivity index (χ2n) is 7.16. The summed E-state index contributed by atoms with van der Waals surface area (Å²) in [6.45, 7) is 2.70. The SMILES string of the molecule is N#Cc1c(NC(=O)c2cccnc2N2CCOCC2)sc2c1CCCCCC2. The molecule has 1 aliphatic carbocycles. The molecule has 2 aromatic rings. The molecule has 2 aromatic heterocycles. The molecule has 3 heterocycles. The van der Waals surface area contributed by atoms with Gasteiger partial charge in [-0.05, 0) is 43.4 Å². The highest BCUT2D eigenvalue weighted by molar-refractivity contribution is 7.16. The Morgan fingerprint density at radius 3 is 2.79 bits per heavy atom. The van der Waals surface area contributed by atoms with Crippen molar-refractivity contribution in [2.45, 2.75) is 38.5 Å². The van der Waals surface area contributed by atoms with E-state index >= 15 is 0 Å². The van der Waals surface area contributed by atoms with Gasteiger partial charge in [-0.1, -0.05) is 12.8 Å². The van der Waals surface area contributed by atoms with Crippen LogP contribution in [0, 0.1) is 11.3 Å². The second kappa shape index (κ2) is 8.72. The fraction of sp³-hybridized carbons (Fsp3) is 0.476. The topological polar surface area (TPSA) is 78.2 Å². The van der Waals surface area contributed by atoms with Crippen LogP contribution in [0.2, 0.25) is 0 Å². The molecule has 28 heavy (non-hydrogen) atoms. The van der Waals surface area contributed by atoms with E-state index in [0.717, 1.165) is 31.2 Å². The Balaban J connectivity index is 1.61. The van der Waals surface area contributed by atoms with E-state index in [9.17, 15) is 10.1 Å². The van der Waals surface area contributed by atoms with E-state index in [-0.39, 0.29) is 5.91 Å². The van der Waals surface area contributed by atoms with Crippen molar-refractivity contribution in [2.24, 2.45) is 0 Å². The van der Waals surface area contributed by atoms with Crippen LogP contribution in [0.4, 0.5) is 10.8 Å². The number of rotatable bonds is 3. The van der Waals surface area contributed by atoms with Crippen LogP contribution in [0.5, 0.6) is 0 Å². The van der Waals surface area contributed by atoms with Gasteiger partial charge in [0.25, 0.3) is 5.91 Å². The maximum atomic E-state index is 13.1. The summed E-state index contributed by atoms with van der Waals surface area (Å²) >= 11 is 1.57. The van der Waals surface area contributed by atoms with E-state index in [1.807, 2.05) is 0 Å². The number of thiophene rings is 1. The molecule has 0 spiro atoms. The first-order valence-electron chi connectivity index (χ1n) is 9.91. The lowest BCUT2D eigenvalue weighted by molar-refractivity contribution is 0.102. The third-order valence-electron chi connectivity index (χ3n) is 5.35. The molecule has 1 fully saturated rings. The van der Waals surface area contributed by atoms with Crippen molar-refractivity contribution in [1.29, 1.82) is 5.26 Å². The van der Waals surface area contributed by atoms with Gasteiger partial charge in [-0.15, -0.1) is 11.3 Å². The van der Waals surface area contributed by atoms with Gasteiger partial charge in [-0.3, -0.25) is 4.79 Å². The molecule has 2 aliphatic rings. The fourth-order valence-corrected chi connectivity index (χ4v) is 5.13. The molecule has 1 aliphatic heterocycles. The molecule has 7 heteroatoms. The molecule has 0 radical (unpaired) electrons. The molecule has 0 saturated carbocycles. The minimum atomic E-state index is -0.208. The zero-order valence-electron chi connectivity index (χ0n) is 15.9. The monoisotopic (exact) mass is 396 g/mol. The summed E-state index contributed by atoms with van der Waals surface area (Å²) in [6.07, 6.45) is 8.33. The van der Waals surface area contributed by atoms with Crippen molar-refractivity contribution >= 4 is 28.1 Å². The van der Waals surface area contributed by atoms with Crippen molar-refractivity contribution in [3.05, 3.63) is 39.9 Å². The summed E-state index contributed by atoms with van der Waals surface area (Å²) in [5.74, 6) is 0.469. The van der Waals surface area contributed by atoms with E-state index < -0.39 is 0 Å². The van der Waals surface area contributed by atoms with Crippen molar-refractivity contribution in [2.75, 3.05) is 36.5 Å². The largest absolute Gasteiger partial charge is 0.378 e. The van der Waals surface area contributed by atoms with Crippen LogP contribution in [0.1, 0.15) is 52.0 Å². The van der Waals surface area contributed by atoms with Gasteiger partial charge in [-0.2, -0.15) is 5.26 Å². The Morgan fingerprint density at radius 2 is 2.00 bits per heavy atom. The van der Waals surface area contributed by atoms with Gasteiger partial charge in [0.2, 0.25) is 0 Å². The van der Waals surface area contributed by atoms with Crippen LogP contribution in [0.25, 0.3) is 0 Å². The number of aromatic nitrogens is 1. The molecule has 0 unspecified atom stereocenters. The van der Waals surface area contributed by atoms with Crippen LogP contribution in [0.15, 0.2) is 18.3 Å². The highest BCUT2D eigenvalue weighted by Gasteiger charge is 2.24. The maximum absolute atomic E-state index is 13.1. The number of anilines is 2. The van der Waals surface area contributed by atoms with Crippen molar-refractivity contribution in [1.82, 2.24) is 4.98 Å². The molecule has 0 bridgehead atoms. The standard InChI is InChI=1S/C21H24N4O2S/c22-14-17-15-6-3-1-2-4-8-18(15)28-21(17)24-20(26)16-7-5-9-23-19(16)25-10-12-27-13-11-25/h5,7,9H,1-4,6,8,10-13H2,(H,24,26). The summed E-state index contributed by atoms with van der Waals surface area (Å²) in [5.41, 5.74) is 2.32. The fourth-order valence-electron chi connectivity index (χ4n) is 3.90. The van der Waals surface area contributed by atoms with Crippen LogP contribution in [-0.4, -0.2) is 37.2 Å². The summed E-state index contributed by atoms with van der Waals surface area (Å²) in [6, 6.07) is 5.91. The number of aryl methyl sites for hydroxylation is 1. The summed E-state index contributed by atoms with van der Waals surface area (Å²) in [5, 5.41) is 13.4. The van der Waals surface area contributed by atoms with E-state index in [2.05, 4.69) is 21.3 Å². The molecule has 1 N–H and O–H groups in total. The zero-order valence-corrected chi connectivity index (χ0v) is 16.7. The zero-order chi connectivity index (χ0) is 19.3. The smallest absolute Gasteiger partial charge is 0.260 e. The van der Waals surface area contributed by atoms with E-state index in [1.165, 1.54) is 17.7 Å². The number of nitrogens with zero attached hydrogens (tertiary/aromatic N) is 3. The Kier molecular flexibility index (Phi) is 5.89. The molecule has 0 atom stereocenters. The van der Waals surface area contributed by atoms with Crippen LogP contribution >= 0.6 is 11.3 Å². The Bertz CT molecular complexity index is 896. The average molecular weight is 397 g/mol. The van der Waals surface area contributed by atoms with E-state index in [1.54, 1.807) is 29.7 Å². The lowest BCUT2D eigenvalue weighted by Crippen LogP contribution is -2.38. The summed E-state index contributed by atoms with van der Waals surface area (Å²) in [7, 11) is 0. The third kappa shape index (κ3) is 3.89. The Labute approximate surface area is 169 Å². The average Bonchev–Trinajstić information content (AvgIpc) is 3.03. The Morgan fingerprint density at radius 1 is 1.21 bits per heavy atom. The second-order valence-corrected chi connectivity index (χ2v) is 8.27. The number of ether oxygens (including phenoxy) is 1. The van der Waals surface area contributed by atoms with Gasteiger partial charge in [0, 0.05) is 24.2 Å². The number of carbonyl (C=O) groups is 1. The number of morpholine rings is 1. The molecular formula is C21H24N4O2S. The van der Waals surface area contributed by atoms with Gasteiger partial charge in [0.05, 0.1) is 24.3 Å². The predicted molar refractivity (Wildman–Crippen MR) is 110 cm³/mol. The molecule has 146 valence electrons. The van der Waals surface area contributed by atoms with E-state index in [4.69, 9.17) is 4.74 Å². The number of hydrogen-bond donors (Lipinski definition) is 1. The van der Waals surface area contributed by atoms with Crippen molar-refractivity contribution in [3.63, 3.8) is 0 Å². The van der Waals surface area contributed by atoms with E-state index in [0.29, 0.717) is 48.2 Å². The number of pyridine rings is 1. The van der Waals surface area contributed by atoms with Gasteiger partial charge < -0.3 is 15.0 Å². The molecule has 4 rings (SSSR count). The number of nitriles is 1. The van der Waals surface area contributed by atoms with Crippen LogP contribution in [0.3, 0.4) is 0 Å². The molecule has 1 saturated heterocycles. The highest BCUT2D eigenvalue weighted by Crippen LogP contribution is 2.37. The minimum Gasteiger partial charge on any atom is -0.378 e. The number of hydrogen-bond acceptors (Lipinski definition) is 6. The van der Waals surface area contributed by atoms with Crippen molar-refractivity contribution < 1.29 is 9.53 Å². The molecular weight excluding hydrogens is 372 g/mol. The summed E-state index contributed by atoms with van der Waals surface area (Å²) in [4.78, 5) is 20.9. The van der Waals surface area contributed by atoms with Crippen LogP contribution < -0.4 is 10.2 Å². The number of fused-ring (bicyclic) bond motifs is 1. The van der Waals surface area contributed by atoms with Gasteiger partial charge in [0.1, 0.15) is 16.9 Å². The van der Waals surface area contributed by atoms with Gasteiger partial charge >= 0.3 is 0 Å². The highest BCUT2D eigenvalue weighted by atomic mass is 32.1. The normalized spacial score (nSPS) is 17.2. The third-order valence-corrected chi connectivity index (χ3v) is 6.56. The lowest BCUT2D eigenvalue weighted by atomic mass is 9.97. The van der Waals surface area contributed by atoms with Gasteiger partial charge in [0.15, 0.2) is 0 Å². The minimum absolute atomic E-state index is 0.208. The van der Waals surface area contributed by atoms with Crippen LogP contribution in [-0.2, 0) is 17.6 Å². The number of nitrogens with one attached hydrogen (secondary N) is 1. The lowest BCUT2D eigenvalue weighted by Gasteiger charge is -2.29. The first-order valence-corrected chi connectivity index (χ1v) is 10.7.